The van der Waals surface area contributed by atoms with E-state index in [2.05, 4.69) is 5.32 Å². The molecular formula is C19H17F3N2O3S. The lowest BCUT2D eigenvalue weighted by Crippen LogP contribution is -2.47. The molecule has 0 spiro atoms. The summed E-state index contributed by atoms with van der Waals surface area (Å²) in [6.45, 7) is 1.31. The molecule has 0 aromatic heterocycles. The SMILES string of the molecule is C[C@H]1Oc2ccccc2N(CC(=O)Nc2ccccc2SCC(F)(F)F)C1=O. The molecule has 1 aliphatic heterocycles. The first-order valence-electron chi connectivity index (χ1n) is 8.40. The fourth-order valence-electron chi connectivity index (χ4n) is 2.71. The first-order chi connectivity index (χ1) is 13.2. The van der Waals surface area contributed by atoms with Crippen molar-refractivity contribution in [2.45, 2.75) is 24.1 Å². The molecule has 0 bridgehead atoms. The molecule has 0 unspecified atom stereocenters. The van der Waals surface area contributed by atoms with Gasteiger partial charge in [-0.2, -0.15) is 13.2 Å². The molecule has 28 heavy (non-hydrogen) atoms. The Bertz CT molecular complexity index is 889. The molecule has 0 saturated heterocycles. The number of anilines is 2. The largest absolute Gasteiger partial charge is 0.479 e. The van der Waals surface area contributed by atoms with Crippen molar-refractivity contribution in [3.05, 3.63) is 48.5 Å². The van der Waals surface area contributed by atoms with Gasteiger partial charge in [0.1, 0.15) is 12.3 Å². The summed E-state index contributed by atoms with van der Waals surface area (Å²) in [6, 6.07) is 13.1. The molecule has 1 aliphatic rings. The summed E-state index contributed by atoms with van der Waals surface area (Å²) in [5.41, 5.74) is 0.740. The standard InChI is InChI=1S/C19H17F3N2O3S/c1-12-18(26)24(14-7-3-4-8-15(14)27-12)10-17(25)23-13-6-2-5-9-16(13)28-11-19(20,21)22/h2-9,12H,10-11H2,1H3,(H,23,25)/t12-/m1/s1. The van der Waals surface area contributed by atoms with Crippen LogP contribution in [-0.4, -0.2) is 36.4 Å². The van der Waals surface area contributed by atoms with Gasteiger partial charge < -0.3 is 10.1 Å². The van der Waals surface area contributed by atoms with Gasteiger partial charge in [-0.1, -0.05) is 24.3 Å². The number of thioether (sulfide) groups is 1. The molecule has 5 nitrogen and oxygen atoms in total. The van der Waals surface area contributed by atoms with Crippen molar-refractivity contribution in [2.75, 3.05) is 22.5 Å². The Morgan fingerprint density at radius 1 is 1.18 bits per heavy atom. The fourth-order valence-corrected chi connectivity index (χ4v) is 3.48. The predicted molar refractivity (Wildman–Crippen MR) is 101 cm³/mol. The first kappa shape index (κ1) is 20.1. The van der Waals surface area contributed by atoms with Gasteiger partial charge in [-0.25, -0.2) is 0 Å². The average molecular weight is 410 g/mol. The Morgan fingerprint density at radius 2 is 1.86 bits per heavy atom. The number of nitrogens with zero attached hydrogens (tertiary/aromatic N) is 1. The van der Waals surface area contributed by atoms with E-state index in [1.54, 1.807) is 43.3 Å². The van der Waals surface area contributed by atoms with E-state index in [-0.39, 0.29) is 18.1 Å². The Morgan fingerprint density at radius 3 is 2.61 bits per heavy atom. The van der Waals surface area contributed by atoms with Crippen LogP contribution in [0.25, 0.3) is 0 Å². The number of amides is 2. The summed E-state index contributed by atoms with van der Waals surface area (Å²) in [6.07, 6.45) is -5.06. The molecule has 0 radical (unpaired) electrons. The van der Waals surface area contributed by atoms with Crippen molar-refractivity contribution in [2.24, 2.45) is 0 Å². The van der Waals surface area contributed by atoms with Gasteiger partial charge in [0, 0.05) is 4.90 Å². The molecule has 0 fully saturated rings. The number of carbonyl (C=O) groups excluding carboxylic acids is 2. The van der Waals surface area contributed by atoms with Gasteiger partial charge in [-0.3, -0.25) is 14.5 Å². The Kier molecular flexibility index (Phi) is 5.83. The second-order valence-electron chi connectivity index (χ2n) is 6.10. The molecule has 1 N–H and O–H groups in total. The fraction of sp³-hybridized carbons (Fsp3) is 0.263. The minimum absolute atomic E-state index is 0.267. The highest BCUT2D eigenvalue weighted by molar-refractivity contribution is 7.99. The number of alkyl halides is 3. The Balaban J connectivity index is 1.74. The van der Waals surface area contributed by atoms with Gasteiger partial charge >= 0.3 is 6.18 Å². The van der Waals surface area contributed by atoms with Crippen molar-refractivity contribution >= 4 is 35.0 Å². The number of fused-ring (bicyclic) bond motifs is 1. The van der Waals surface area contributed by atoms with E-state index >= 15 is 0 Å². The normalized spacial score (nSPS) is 16.4. The zero-order chi connectivity index (χ0) is 20.3. The highest BCUT2D eigenvalue weighted by Gasteiger charge is 2.32. The second kappa shape index (κ2) is 8.14. The third kappa shape index (κ3) is 4.78. The number of hydrogen-bond acceptors (Lipinski definition) is 4. The second-order valence-corrected chi connectivity index (χ2v) is 7.12. The van der Waals surface area contributed by atoms with Gasteiger partial charge in [0.05, 0.1) is 17.1 Å². The maximum absolute atomic E-state index is 12.5. The minimum atomic E-state index is -4.32. The van der Waals surface area contributed by atoms with Crippen molar-refractivity contribution in [3.8, 4) is 5.75 Å². The molecule has 148 valence electrons. The van der Waals surface area contributed by atoms with E-state index in [0.29, 0.717) is 28.1 Å². The third-order valence-corrected chi connectivity index (χ3v) is 5.07. The van der Waals surface area contributed by atoms with E-state index in [4.69, 9.17) is 4.74 Å². The zero-order valence-corrected chi connectivity index (χ0v) is 15.6. The van der Waals surface area contributed by atoms with Crippen molar-refractivity contribution in [1.82, 2.24) is 0 Å². The zero-order valence-electron chi connectivity index (χ0n) is 14.8. The molecule has 0 aliphatic carbocycles. The maximum atomic E-state index is 12.5. The molecule has 0 saturated carbocycles. The molecule has 2 amide bonds. The number of rotatable bonds is 5. The number of benzene rings is 2. The lowest BCUT2D eigenvalue weighted by molar-refractivity contribution is -0.127. The first-order valence-corrected chi connectivity index (χ1v) is 9.38. The van der Waals surface area contributed by atoms with Gasteiger partial charge in [0.25, 0.3) is 5.91 Å². The van der Waals surface area contributed by atoms with E-state index in [9.17, 15) is 22.8 Å². The van der Waals surface area contributed by atoms with Crippen LogP contribution in [0, 0.1) is 0 Å². The monoisotopic (exact) mass is 410 g/mol. The van der Waals surface area contributed by atoms with Crippen LogP contribution in [0.3, 0.4) is 0 Å². The highest BCUT2D eigenvalue weighted by atomic mass is 32.2. The van der Waals surface area contributed by atoms with E-state index in [1.807, 2.05) is 0 Å². The van der Waals surface area contributed by atoms with Gasteiger partial charge in [0.2, 0.25) is 5.91 Å². The lowest BCUT2D eigenvalue weighted by Gasteiger charge is -2.32. The number of halogens is 3. The lowest BCUT2D eigenvalue weighted by atomic mass is 10.2. The summed E-state index contributed by atoms with van der Waals surface area (Å²) in [7, 11) is 0. The van der Waals surface area contributed by atoms with E-state index in [1.165, 1.54) is 17.0 Å². The highest BCUT2D eigenvalue weighted by Crippen LogP contribution is 2.34. The minimum Gasteiger partial charge on any atom is -0.479 e. The molecule has 2 aromatic carbocycles. The summed E-state index contributed by atoms with van der Waals surface area (Å²) >= 11 is 0.591. The predicted octanol–water partition coefficient (Wildman–Crippen LogP) is 4.09. The van der Waals surface area contributed by atoms with Crippen LogP contribution < -0.4 is 15.0 Å². The number of hydrogen-bond donors (Lipinski definition) is 1. The number of carbonyl (C=O) groups is 2. The van der Waals surface area contributed by atoms with Crippen molar-refractivity contribution in [3.63, 3.8) is 0 Å². The quantitative estimate of drug-likeness (QED) is 0.755. The molecule has 2 aromatic rings. The number of nitrogens with one attached hydrogen (secondary N) is 1. The van der Waals surface area contributed by atoms with Gasteiger partial charge in [-0.05, 0) is 31.2 Å². The molecular weight excluding hydrogens is 393 g/mol. The van der Waals surface area contributed by atoms with Gasteiger partial charge in [-0.15, -0.1) is 11.8 Å². The van der Waals surface area contributed by atoms with E-state index in [0.717, 1.165) is 0 Å². The smallest absolute Gasteiger partial charge is 0.398 e. The van der Waals surface area contributed by atoms with Crippen LogP contribution in [0.5, 0.6) is 5.75 Å². The van der Waals surface area contributed by atoms with Crippen molar-refractivity contribution < 1.29 is 27.5 Å². The van der Waals surface area contributed by atoms with Crippen LogP contribution >= 0.6 is 11.8 Å². The summed E-state index contributed by atoms with van der Waals surface area (Å²) < 4.78 is 43.0. The average Bonchev–Trinajstić information content (AvgIpc) is 2.64. The van der Waals surface area contributed by atoms with E-state index < -0.39 is 23.9 Å². The van der Waals surface area contributed by atoms with Crippen LogP contribution in [0.1, 0.15) is 6.92 Å². The third-order valence-electron chi connectivity index (χ3n) is 3.93. The van der Waals surface area contributed by atoms with Gasteiger partial charge in [0.15, 0.2) is 6.10 Å². The summed E-state index contributed by atoms with van der Waals surface area (Å²) in [5, 5.41) is 2.60. The van der Waals surface area contributed by atoms with Crippen molar-refractivity contribution in [1.29, 1.82) is 0 Å². The van der Waals surface area contributed by atoms with Crippen LogP contribution in [0.2, 0.25) is 0 Å². The van der Waals surface area contributed by atoms with Crippen LogP contribution in [-0.2, 0) is 9.59 Å². The Hall–Kier alpha value is -2.68. The molecule has 1 atom stereocenters. The topological polar surface area (TPSA) is 58.6 Å². The summed E-state index contributed by atoms with van der Waals surface area (Å²) in [5.74, 6) is -1.46. The van der Waals surface area contributed by atoms with Crippen LogP contribution in [0.4, 0.5) is 24.5 Å². The molecule has 1 heterocycles. The maximum Gasteiger partial charge on any atom is 0.398 e. The summed E-state index contributed by atoms with van der Waals surface area (Å²) in [4.78, 5) is 26.6. The molecule has 9 heteroatoms. The number of para-hydroxylation sites is 3. The number of ether oxygens (including phenoxy) is 1. The Labute approximate surface area is 163 Å². The van der Waals surface area contributed by atoms with Crippen LogP contribution in [0.15, 0.2) is 53.4 Å². The molecule has 3 rings (SSSR count).